The Morgan fingerprint density at radius 2 is 2.31 bits per heavy atom. The van der Waals surface area contributed by atoms with Crippen molar-refractivity contribution in [2.24, 2.45) is 0 Å². The maximum atomic E-state index is 9.12. The van der Waals surface area contributed by atoms with Crippen molar-refractivity contribution in [2.75, 3.05) is 13.3 Å². The minimum absolute atomic E-state index is 0.276. The van der Waals surface area contributed by atoms with E-state index in [4.69, 9.17) is 14.6 Å². The van der Waals surface area contributed by atoms with Gasteiger partial charge in [0.25, 0.3) is 0 Å². The maximum absolute atomic E-state index is 9.12. The summed E-state index contributed by atoms with van der Waals surface area (Å²) in [5.41, 5.74) is 1.09. The van der Waals surface area contributed by atoms with Crippen LogP contribution in [0.15, 0.2) is 16.6 Å². The lowest BCUT2D eigenvalue weighted by molar-refractivity contribution is 0.173. The van der Waals surface area contributed by atoms with E-state index in [-0.39, 0.29) is 12.9 Å². The Bertz CT molecular complexity index is 382. The van der Waals surface area contributed by atoms with Crippen LogP contribution < -0.4 is 14.8 Å². The fourth-order valence-electron chi connectivity index (χ4n) is 1.55. The van der Waals surface area contributed by atoms with Crippen LogP contribution in [-0.4, -0.2) is 24.5 Å². The molecular weight excluding hydrogens is 274 g/mol. The first kappa shape index (κ1) is 11.7. The van der Waals surface area contributed by atoms with Gasteiger partial charge in [-0.3, -0.25) is 0 Å². The molecule has 0 bridgehead atoms. The highest BCUT2D eigenvalue weighted by atomic mass is 79.9. The topological polar surface area (TPSA) is 50.7 Å². The molecule has 0 spiro atoms. The Morgan fingerprint density at radius 1 is 1.50 bits per heavy atom. The van der Waals surface area contributed by atoms with Crippen LogP contribution in [0, 0.1) is 0 Å². The smallest absolute Gasteiger partial charge is 0.231 e. The highest BCUT2D eigenvalue weighted by Gasteiger charge is 2.17. The normalized spacial score (nSPS) is 15.2. The number of halogens is 1. The molecule has 5 heteroatoms. The molecule has 1 aliphatic rings. The van der Waals surface area contributed by atoms with E-state index in [9.17, 15) is 0 Å². The molecule has 1 aliphatic heterocycles. The highest BCUT2D eigenvalue weighted by Crippen LogP contribution is 2.39. The number of fused-ring (bicyclic) bond motifs is 1. The molecule has 0 radical (unpaired) electrons. The van der Waals surface area contributed by atoms with Crippen molar-refractivity contribution in [3.63, 3.8) is 0 Å². The Morgan fingerprint density at radius 3 is 3.06 bits per heavy atom. The molecule has 2 N–H and O–H groups in total. The molecule has 0 aromatic heterocycles. The number of aliphatic hydroxyl groups is 1. The first-order valence-electron chi connectivity index (χ1n) is 5.13. The van der Waals surface area contributed by atoms with E-state index in [1.807, 2.05) is 12.1 Å². The number of hydrogen-bond acceptors (Lipinski definition) is 4. The molecule has 2 rings (SSSR count). The lowest BCUT2D eigenvalue weighted by Crippen LogP contribution is -2.23. The van der Waals surface area contributed by atoms with E-state index in [0.29, 0.717) is 13.1 Å². The molecule has 1 aromatic carbocycles. The van der Waals surface area contributed by atoms with E-state index < -0.39 is 0 Å². The van der Waals surface area contributed by atoms with Crippen molar-refractivity contribution >= 4 is 15.9 Å². The zero-order valence-corrected chi connectivity index (χ0v) is 10.6. The van der Waals surface area contributed by atoms with E-state index in [0.717, 1.165) is 21.5 Å². The van der Waals surface area contributed by atoms with Crippen molar-refractivity contribution in [3.8, 4) is 11.5 Å². The summed E-state index contributed by atoms with van der Waals surface area (Å²) < 4.78 is 11.5. The van der Waals surface area contributed by atoms with Gasteiger partial charge in [-0.05, 0) is 40.5 Å². The lowest BCUT2D eigenvalue weighted by atomic mass is 10.2. The summed E-state index contributed by atoms with van der Waals surface area (Å²) >= 11 is 3.44. The van der Waals surface area contributed by atoms with Gasteiger partial charge in [0.15, 0.2) is 11.5 Å². The fourth-order valence-corrected chi connectivity index (χ4v) is 2.15. The number of benzene rings is 1. The van der Waals surface area contributed by atoms with Crippen molar-refractivity contribution in [2.45, 2.75) is 19.6 Å². The Hall–Kier alpha value is -0.780. The highest BCUT2D eigenvalue weighted by molar-refractivity contribution is 9.10. The lowest BCUT2D eigenvalue weighted by Gasteiger charge is -2.08. The average molecular weight is 288 g/mol. The third-order valence-electron chi connectivity index (χ3n) is 2.26. The van der Waals surface area contributed by atoms with Gasteiger partial charge in [0, 0.05) is 13.1 Å². The van der Waals surface area contributed by atoms with Crippen molar-refractivity contribution in [1.82, 2.24) is 5.32 Å². The molecule has 1 heterocycles. The van der Waals surface area contributed by atoms with Gasteiger partial charge in [0.1, 0.15) is 0 Å². The number of rotatable bonds is 4. The summed E-state index contributed by atoms with van der Waals surface area (Å²) in [7, 11) is 0. The van der Waals surface area contributed by atoms with E-state index in [1.54, 1.807) is 6.92 Å². The maximum Gasteiger partial charge on any atom is 0.231 e. The average Bonchev–Trinajstić information content (AvgIpc) is 2.65. The predicted molar refractivity (Wildman–Crippen MR) is 63.7 cm³/mol. The molecule has 1 atom stereocenters. The van der Waals surface area contributed by atoms with E-state index >= 15 is 0 Å². The Labute approximate surface area is 103 Å². The minimum atomic E-state index is -0.336. The summed E-state index contributed by atoms with van der Waals surface area (Å²) in [6.45, 7) is 3.30. The van der Waals surface area contributed by atoms with Crippen LogP contribution in [0.2, 0.25) is 0 Å². The number of ether oxygens (including phenoxy) is 2. The van der Waals surface area contributed by atoms with Crippen LogP contribution in [0.4, 0.5) is 0 Å². The molecule has 16 heavy (non-hydrogen) atoms. The molecule has 0 saturated carbocycles. The van der Waals surface area contributed by atoms with Crippen molar-refractivity contribution in [1.29, 1.82) is 0 Å². The second-order valence-corrected chi connectivity index (χ2v) is 4.65. The van der Waals surface area contributed by atoms with Gasteiger partial charge in [-0.2, -0.15) is 0 Å². The molecule has 0 unspecified atom stereocenters. The molecule has 4 nitrogen and oxygen atoms in total. The molecule has 0 saturated heterocycles. The van der Waals surface area contributed by atoms with Gasteiger partial charge in [0.05, 0.1) is 10.6 Å². The minimum Gasteiger partial charge on any atom is -0.454 e. The van der Waals surface area contributed by atoms with Gasteiger partial charge < -0.3 is 19.9 Å². The molecular formula is C11H14BrNO3. The Balaban J connectivity index is 2.03. The number of aliphatic hydroxyl groups excluding tert-OH is 1. The van der Waals surface area contributed by atoms with Gasteiger partial charge >= 0.3 is 0 Å². The van der Waals surface area contributed by atoms with Gasteiger partial charge in [-0.1, -0.05) is 0 Å². The molecule has 0 fully saturated rings. The van der Waals surface area contributed by atoms with E-state index in [1.165, 1.54) is 0 Å². The van der Waals surface area contributed by atoms with Crippen LogP contribution in [0.25, 0.3) is 0 Å². The summed E-state index contributed by atoms with van der Waals surface area (Å²) in [6.07, 6.45) is -0.336. The first-order chi connectivity index (χ1) is 7.66. The second kappa shape index (κ2) is 5.03. The summed E-state index contributed by atoms with van der Waals surface area (Å²) in [4.78, 5) is 0. The van der Waals surface area contributed by atoms with Crippen LogP contribution in [0.1, 0.15) is 12.5 Å². The van der Waals surface area contributed by atoms with Crippen molar-refractivity contribution in [3.05, 3.63) is 22.2 Å². The molecule has 0 aliphatic carbocycles. The number of hydrogen-bond donors (Lipinski definition) is 2. The first-order valence-corrected chi connectivity index (χ1v) is 5.93. The summed E-state index contributed by atoms with van der Waals surface area (Å²) in [5.74, 6) is 1.53. The number of nitrogens with one attached hydrogen (secondary N) is 1. The third-order valence-corrected chi connectivity index (χ3v) is 2.84. The quantitative estimate of drug-likeness (QED) is 0.884. The Kier molecular flexibility index (Phi) is 3.68. The zero-order valence-electron chi connectivity index (χ0n) is 9.00. The third kappa shape index (κ3) is 2.66. The van der Waals surface area contributed by atoms with E-state index in [2.05, 4.69) is 21.2 Å². The van der Waals surface area contributed by atoms with Gasteiger partial charge in [0.2, 0.25) is 6.79 Å². The van der Waals surface area contributed by atoms with Gasteiger partial charge in [-0.25, -0.2) is 0 Å². The van der Waals surface area contributed by atoms with Crippen molar-refractivity contribution < 1.29 is 14.6 Å². The second-order valence-electron chi connectivity index (χ2n) is 3.79. The SMILES string of the molecule is C[C@@H](O)CNCc1cc(Br)c2c(c1)OCO2. The molecule has 88 valence electrons. The van der Waals surface area contributed by atoms with Gasteiger partial charge in [-0.15, -0.1) is 0 Å². The predicted octanol–water partition coefficient (Wildman–Crippen LogP) is 1.65. The summed E-state index contributed by atoms with van der Waals surface area (Å²) in [5, 5.41) is 12.3. The van der Waals surface area contributed by atoms with Crippen LogP contribution in [-0.2, 0) is 6.54 Å². The largest absolute Gasteiger partial charge is 0.454 e. The standard InChI is InChI=1S/C11H14BrNO3/c1-7(14)4-13-5-8-2-9(12)11-10(3-8)15-6-16-11/h2-3,7,13-14H,4-6H2,1H3/t7-/m1/s1. The van der Waals surface area contributed by atoms with Crippen LogP contribution in [0.5, 0.6) is 11.5 Å². The fraction of sp³-hybridized carbons (Fsp3) is 0.455. The summed E-state index contributed by atoms with van der Waals surface area (Å²) in [6, 6.07) is 3.94. The van der Waals surface area contributed by atoms with Crippen LogP contribution in [0.3, 0.4) is 0 Å². The molecule has 0 amide bonds. The molecule has 1 aromatic rings. The zero-order chi connectivity index (χ0) is 11.5. The monoisotopic (exact) mass is 287 g/mol. The van der Waals surface area contributed by atoms with Crippen LogP contribution >= 0.6 is 15.9 Å².